The van der Waals surface area contributed by atoms with Gasteiger partial charge in [0.05, 0.1) is 14.2 Å². The molecule has 2 saturated heterocycles. The second-order valence-corrected chi connectivity index (χ2v) is 7.97. The maximum absolute atomic E-state index is 13.1. The monoisotopic (exact) mass is 376 g/mol. The summed E-state index contributed by atoms with van der Waals surface area (Å²) in [4.78, 5) is 17.1. The van der Waals surface area contributed by atoms with Gasteiger partial charge in [-0.15, -0.1) is 0 Å². The minimum Gasteiger partial charge on any atom is -0.493 e. The first-order valence-electron chi connectivity index (χ1n) is 9.91. The average molecular weight is 376 g/mol. The number of para-hydroxylation sites is 1. The molecule has 0 bridgehead atoms. The summed E-state index contributed by atoms with van der Waals surface area (Å²) in [6, 6.07) is 5.68. The van der Waals surface area contributed by atoms with Gasteiger partial charge in [-0.25, -0.2) is 0 Å². The molecule has 3 rings (SSSR count). The fourth-order valence-corrected chi connectivity index (χ4v) is 4.24. The van der Waals surface area contributed by atoms with Crippen molar-refractivity contribution in [2.45, 2.75) is 44.8 Å². The van der Waals surface area contributed by atoms with Crippen LogP contribution in [-0.2, 0) is 11.3 Å². The van der Waals surface area contributed by atoms with Crippen LogP contribution in [0.1, 0.15) is 38.2 Å². The lowest BCUT2D eigenvalue weighted by atomic mass is 9.89. The normalized spacial score (nSPS) is 24.9. The smallest absolute Gasteiger partial charge is 0.256 e. The van der Waals surface area contributed by atoms with Crippen LogP contribution in [0.3, 0.4) is 0 Å². The third-order valence-electron chi connectivity index (χ3n) is 5.91. The number of piperidine rings is 2. The number of hydrogen-bond acceptors (Lipinski definition) is 5. The van der Waals surface area contributed by atoms with E-state index in [1.165, 1.54) is 0 Å². The predicted molar refractivity (Wildman–Crippen MR) is 104 cm³/mol. The van der Waals surface area contributed by atoms with Crippen molar-refractivity contribution >= 4 is 5.91 Å². The molecule has 150 valence electrons. The summed E-state index contributed by atoms with van der Waals surface area (Å²) in [6.07, 6.45) is 3.60. The molecule has 1 aromatic rings. The summed E-state index contributed by atoms with van der Waals surface area (Å²) >= 11 is 0. The predicted octanol–water partition coefficient (Wildman–Crippen LogP) is 2.29. The standard InChI is InChI=1S/C21H32N2O4/c1-16-8-12-22(13-9-16)15-21(25)10-5-11-23(20(21)24)14-17-6-4-7-18(26-2)19(17)27-3/h4,6-7,16,25H,5,8-15H2,1-3H3/t21-/m0/s1. The first kappa shape index (κ1) is 20.0. The Kier molecular flexibility index (Phi) is 6.27. The molecule has 6 nitrogen and oxygen atoms in total. The average Bonchev–Trinajstić information content (AvgIpc) is 2.67. The van der Waals surface area contributed by atoms with Crippen molar-refractivity contribution in [3.63, 3.8) is 0 Å². The molecule has 0 radical (unpaired) electrons. The summed E-state index contributed by atoms with van der Waals surface area (Å²) < 4.78 is 10.9. The van der Waals surface area contributed by atoms with E-state index in [1.807, 2.05) is 18.2 Å². The van der Waals surface area contributed by atoms with Gasteiger partial charge in [0.1, 0.15) is 0 Å². The molecule has 2 aliphatic rings. The highest BCUT2D eigenvalue weighted by molar-refractivity contribution is 5.86. The Morgan fingerprint density at radius 2 is 1.93 bits per heavy atom. The van der Waals surface area contributed by atoms with Crippen LogP contribution in [0.2, 0.25) is 0 Å². The highest BCUT2D eigenvalue weighted by Crippen LogP contribution is 2.33. The number of β-amino-alcohol motifs (C(OH)–C–C–N with tert-alkyl or cyclic N) is 1. The Morgan fingerprint density at radius 1 is 1.19 bits per heavy atom. The van der Waals surface area contributed by atoms with E-state index in [0.29, 0.717) is 37.6 Å². The quantitative estimate of drug-likeness (QED) is 0.825. The summed E-state index contributed by atoms with van der Waals surface area (Å²) in [5, 5.41) is 11.1. The molecule has 0 saturated carbocycles. The van der Waals surface area contributed by atoms with Gasteiger partial charge in [0.15, 0.2) is 17.1 Å². The Morgan fingerprint density at radius 3 is 2.59 bits per heavy atom. The summed E-state index contributed by atoms with van der Waals surface area (Å²) in [7, 11) is 3.21. The number of likely N-dealkylation sites (tertiary alicyclic amines) is 2. The molecule has 1 atom stereocenters. The van der Waals surface area contributed by atoms with Gasteiger partial charge < -0.3 is 19.5 Å². The van der Waals surface area contributed by atoms with Crippen LogP contribution in [0, 0.1) is 5.92 Å². The summed E-state index contributed by atoms with van der Waals surface area (Å²) in [6.45, 7) is 5.68. The van der Waals surface area contributed by atoms with Crippen molar-refractivity contribution in [2.75, 3.05) is 40.4 Å². The molecule has 2 heterocycles. The number of aliphatic hydroxyl groups is 1. The molecule has 1 N–H and O–H groups in total. The van der Waals surface area contributed by atoms with E-state index in [0.717, 1.165) is 43.8 Å². The van der Waals surface area contributed by atoms with Crippen LogP contribution in [0.4, 0.5) is 0 Å². The number of methoxy groups -OCH3 is 2. The van der Waals surface area contributed by atoms with Crippen LogP contribution in [-0.4, -0.2) is 66.8 Å². The molecule has 0 aliphatic carbocycles. The van der Waals surface area contributed by atoms with E-state index in [9.17, 15) is 9.90 Å². The third-order valence-corrected chi connectivity index (χ3v) is 5.91. The summed E-state index contributed by atoms with van der Waals surface area (Å²) in [5.74, 6) is 1.86. The van der Waals surface area contributed by atoms with Crippen LogP contribution < -0.4 is 9.47 Å². The molecule has 2 aliphatic heterocycles. The molecule has 0 spiro atoms. The van der Waals surface area contributed by atoms with Gasteiger partial charge >= 0.3 is 0 Å². The Hall–Kier alpha value is -1.79. The zero-order chi connectivity index (χ0) is 19.4. The largest absolute Gasteiger partial charge is 0.493 e. The molecular weight excluding hydrogens is 344 g/mol. The van der Waals surface area contributed by atoms with E-state index in [4.69, 9.17) is 9.47 Å². The van der Waals surface area contributed by atoms with E-state index in [1.54, 1.807) is 19.1 Å². The molecule has 6 heteroatoms. The second kappa shape index (κ2) is 8.48. The van der Waals surface area contributed by atoms with Crippen LogP contribution in [0.15, 0.2) is 18.2 Å². The minimum absolute atomic E-state index is 0.169. The fraction of sp³-hybridized carbons (Fsp3) is 0.667. The zero-order valence-corrected chi connectivity index (χ0v) is 16.7. The van der Waals surface area contributed by atoms with Crippen molar-refractivity contribution < 1.29 is 19.4 Å². The number of benzene rings is 1. The number of amides is 1. The lowest BCUT2D eigenvalue weighted by Gasteiger charge is -2.42. The van der Waals surface area contributed by atoms with Gasteiger partial charge in [-0.05, 0) is 50.8 Å². The number of carbonyl (C=O) groups excluding carboxylic acids is 1. The van der Waals surface area contributed by atoms with Gasteiger partial charge in [0.2, 0.25) is 0 Å². The maximum Gasteiger partial charge on any atom is 0.256 e. The highest BCUT2D eigenvalue weighted by Gasteiger charge is 2.43. The van der Waals surface area contributed by atoms with Crippen molar-refractivity contribution in [1.29, 1.82) is 0 Å². The number of ether oxygens (including phenoxy) is 2. The van der Waals surface area contributed by atoms with Gasteiger partial charge in [0.25, 0.3) is 5.91 Å². The Bertz CT molecular complexity index is 658. The maximum atomic E-state index is 13.1. The van der Waals surface area contributed by atoms with Crippen molar-refractivity contribution in [3.05, 3.63) is 23.8 Å². The number of rotatable bonds is 6. The third kappa shape index (κ3) is 4.38. The van der Waals surface area contributed by atoms with Gasteiger partial charge in [-0.2, -0.15) is 0 Å². The van der Waals surface area contributed by atoms with Crippen LogP contribution in [0.25, 0.3) is 0 Å². The summed E-state index contributed by atoms with van der Waals surface area (Å²) in [5.41, 5.74) is -0.397. The van der Waals surface area contributed by atoms with Gasteiger partial charge in [-0.1, -0.05) is 19.1 Å². The van der Waals surface area contributed by atoms with E-state index in [-0.39, 0.29) is 5.91 Å². The molecule has 27 heavy (non-hydrogen) atoms. The zero-order valence-electron chi connectivity index (χ0n) is 16.7. The Balaban J connectivity index is 1.71. The van der Waals surface area contributed by atoms with Crippen molar-refractivity contribution in [3.8, 4) is 11.5 Å². The molecule has 1 aromatic carbocycles. The molecule has 1 amide bonds. The molecule has 0 aromatic heterocycles. The van der Waals surface area contributed by atoms with E-state index < -0.39 is 5.60 Å². The lowest BCUT2D eigenvalue weighted by molar-refractivity contribution is -0.160. The fourth-order valence-electron chi connectivity index (χ4n) is 4.24. The minimum atomic E-state index is -1.29. The first-order valence-corrected chi connectivity index (χ1v) is 9.91. The van der Waals surface area contributed by atoms with Crippen molar-refractivity contribution in [1.82, 2.24) is 9.80 Å². The van der Waals surface area contributed by atoms with Gasteiger partial charge in [-0.3, -0.25) is 9.69 Å². The lowest BCUT2D eigenvalue weighted by Crippen LogP contribution is -2.59. The highest BCUT2D eigenvalue weighted by atomic mass is 16.5. The van der Waals surface area contributed by atoms with E-state index >= 15 is 0 Å². The SMILES string of the molecule is COc1cccc(CN2CCC[C@](O)(CN3CCC(C)CC3)C2=O)c1OC. The molecule has 0 unspecified atom stereocenters. The van der Waals surface area contributed by atoms with E-state index in [2.05, 4.69) is 11.8 Å². The van der Waals surface area contributed by atoms with Crippen LogP contribution >= 0.6 is 0 Å². The number of carbonyl (C=O) groups is 1. The van der Waals surface area contributed by atoms with Crippen molar-refractivity contribution in [2.24, 2.45) is 5.92 Å². The Labute approximate surface area is 162 Å². The topological polar surface area (TPSA) is 62.2 Å². The number of nitrogens with zero attached hydrogens (tertiary/aromatic N) is 2. The first-order chi connectivity index (χ1) is 13.0. The number of hydrogen-bond donors (Lipinski definition) is 1. The van der Waals surface area contributed by atoms with Crippen LogP contribution in [0.5, 0.6) is 11.5 Å². The second-order valence-electron chi connectivity index (χ2n) is 7.97. The van der Waals surface area contributed by atoms with Gasteiger partial charge in [0, 0.05) is 25.2 Å². The molecule has 2 fully saturated rings. The molecular formula is C21H32N2O4.